The van der Waals surface area contributed by atoms with Crippen molar-refractivity contribution in [1.29, 1.82) is 0 Å². The standard InChI is InChI=1S/C11H16N2O4S2/c1-17-11(14)9-7-8(12)3-4-10(9)19(15,16)13-5-6-18-2/h3-4,7,13H,5-6,12H2,1-2H3. The highest BCUT2D eigenvalue weighted by Crippen LogP contribution is 2.19. The molecule has 1 rings (SSSR count). The molecular weight excluding hydrogens is 288 g/mol. The summed E-state index contributed by atoms with van der Waals surface area (Å²) in [5.41, 5.74) is 5.78. The van der Waals surface area contributed by atoms with Gasteiger partial charge in [0, 0.05) is 18.0 Å². The van der Waals surface area contributed by atoms with Crippen molar-refractivity contribution in [2.75, 3.05) is 31.4 Å². The van der Waals surface area contributed by atoms with E-state index in [1.807, 2.05) is 6.26 Å². The number of hydrogen-bond donors (Lipinski definition) is 2. The second kappa shape index (κ2) is 6.78. The third-order valence-corrected chi connectivity index (χ3v) is 4.43. The van der Waals surface area contributed by atoms with Gasteiger partial charge in [-0.05, 0) is 24.5 Å². The van der Waals surface area contributed by atoms with Crippen LogP contribution >= 0.6 is 11.8 Å². The highest BCUT2D eigenvalue weighted by molar-refractivity contribution is 7.98. The molecule has 0 heterocycles. The number of anilines is 1. The molecule has 0 spiro atoms. The molecule has 0 amide bonds. The SMILES string of the molecule is COC(=O)c1cc(N)ccc1S(=O)(=O)NCCSC. The van der Waals surface area contributed by atoms with Crippen LogP contribution in [0.1, 0.15) is 10.4 Å². The average Bonchev–Trinajstić information content (AvgIpc) is 2.37. The first-order valence-electron chi connectivity index (χ1n) is 5.39. The molecular formula is C11H16N2O4S2. The van der Waals surface area contributed by atoms with Gasteiger partial charge in [0.1, 0.15) is 0 Å². The lowest BCUT2D eigenvalue weighted by atomic mass is 10.2. The molecule has 0 bridgehead atoms. The number of sulfonamides is 1. The number of nitrogens with two attached hydrogens (primary N) is 1. The van der Waals surface area contributed by atoms with Crippen molar-refractivity contribution in [3.63, 3.8) is 0 Å². The Morgan fingerprint density at radius 1 is 1.47 bits per heavy atom. The van der Waals surface area contributed by atoms with E-state index in [9.17, 15) is 13.2 Å². The number of rotatable bonds is 6. The third kappa shape index (κ3) is 4.12. The van der Waals surface area contributed by atoms with E-state index in [1.54, 1.807) is 0 Å². The molecule has 0 aliphatic heterocycles. The van der Waals surface area contributed by atoms with Gasteiger partial charge in [-0.25, -0.2) is 17.9 Å². The first kappa shape index (κ1) is 15.8. The van der Waals surface area contributed by atoms with Crippen LogP contribution in [0.4, 0.5) is 5.69 Å². The number of nitrogen functional groups attached to an aromatic ring is 1. The second-order valence-electron chi connectivity index (χ2n) is 3.64. The van der Waals surface area contributed by atoms with E-state index < -0.39 is 16.0 Å². The van der Waals surface area contributed by atoms with Gasteiger partial charge in [-0.2, -0.15) is 11.8 Å². The summed E-state index contributed by atoms with van der Waals surface area (Å²) in [7, 11) is -2.57. The predicted octanol–water partition coefficient (Wildman–Crippen LogP) is 0.697. The molecule has 8 heteroatoms. The average molecular weight is 304 g/mol. The van der Waals surface area contributed by atoms with Crippen molar-refractivity contribution < 1.29 is 17.9 Å². The molecule has 0 fully saturated rings. The van der Waals surface area contributed by atoms with Crippen molar-refractivity contribution in [2.24, 2.45) is 0 Å². The van der Waals surface area contributed by atoms with E-state index >= 15 is 0 Å². The van der Waals surface area contributed by atoms with Gasteiger partial charge in [0.15, 0.2) is 0 Å². The lowest BCUT2D eigenvalue weighted by molar-refractivity contribution is 0.0596. The first-order chi connectivity index (χ1) is 8.92. The maximum absolute atomic E-state index is 12.1. The van der Waals surface area contributed by atoms with Gasteiger partial charge in [-0.1, -0.05) is 0 Å². The molecule has 0 saturated carbocycles. The summed E-state index contributed by atoms with van der Waals surface area (Å²) in [4.78, 5) is 11.5. The van der Waals surface area contributed by atoms with Crippen molar-refractivity contribution in [2.45, 2.75) is 4.90 Å². The Morgan fingerprint density at radius 2 is 2.16 bits per heavy atom. The Bertz CT molecular complexity index is 558. The van der Waals surface area contributed by atoms with E-state index in [2.05, 4.69) is 9.46 Å². The van der Waals surface area contributed by atoms with E-state index in [0.717, 1.165) is 0 Å². The van der Waals surface area contributed by atoms with Crippen LogP contribution in [0.5, 0.6) is 0 Å². The maximum atomic E-state index is 12.1. The third-order valence-electron chi connectivity index (χ3n) is 2.30. The lowest BCUT2D eigenvalue weighted by Gasteiger charge is -2.10. The molecule has 0 radical (unpaired) electrons. The number of benzene rings is 1. The highest BCUT2D eigenvalue weighted by Gasteiger charge is 2.22. The summed E-state index contributed by atoms with van der Waals surface area (Å²) >= 11 is 1.52. The number of hydrogen-bond acceptors (Lipinski definition) is 6. The van der Waals surface area contributed by atoms with E-state index in [4.69, 9.17) is 5.73 Å². The molecule has 0 aliphatic carbocycles. The van der Waals surface area contributed by atoms with Crippen molar-refractivity contribution in [3.05, 3.63) is 23.8 Å². The van der Waals surface area contributed by atoms with Crippen LogP contribution < -0.4 is 10.5 Å². The van der Waals surface area contributed by atoms with Crippen LogP contribution in [0.25, 0.3) is 0 Å². The summed E-state index contributed by atoms with van der Waals surface area (Å²) in [5, 5.41) is 0. The molecule has 1 aromatic carbocycles. The van der Waals surface area contributed by atoms with Crippen molar-refractivity contribution in [1.82, 2.24) is 4.72 Å². The number of methoxy groups -OCH3 is 1. The van der Waals surface area contributed by atoms with E-state index in [0.29, 0.717) is 11.4 Å². The smallest absolute Gasteiger partial charge is 0.339 e. The van der Waals surface area contributed by atoms with Gasteiger partial charge < -0.3 is 10.5 Å². The molecule has 0 atom stereocenters. The number of carbonyl (C=O) groups excluding carboxylic acids is 1. The van der Waals surface area contributed by atoms with Crippen molar-refractivity contribution >= 4 is 33.4 Å². The van der Waals surface area contributed by atoms with Crippen LogP contribution in [0.15, 0.2) is 23.1 Å². The quantitative estimate of drug-likeness (QED) is 0.456. The van der Waals surface area contributed by atoms with Crippen molar-refractivity contribution in [3.8, 4) is 0 Å². The molecule has 0 saturated heterocycles. The van der Waals surface area contributed by atoms with Gasteiger partial charge in [-0.3, -0.25) is 0 Å². The number of thioether (sulfide) groups is 1. The van der Waals surface area contributed by atoms with E-state index in [1.165, 1.54) is 37.1 Å². The van der Waals surface area contributed by atoms with Gasteiger partial charge in [0.25, 0.3) is 0 Å². The molecule has 6 nitrogen and oxygen atoms in total. The normalized spacial score (nSPS) is 11.3. The maximum Gasteiger partial charge on any atom is 0.339 e. The van der Waals surface area contributed by atoms with Crippen LogP contribution in [-0.4, -0.2) is 40.1 Å². The van der Waals surface area contributed by atoms with Gasteiger partial charge in [-0.15, -0.1) is 0 Å². The molecule has 1 aromatic rings. The minimum atomic E-state index is -3.75. The summed E-state index contributed by atoms with van der Waals surface area (Å²) < 4.78 is 31.2. The van der Waals surface area contributed by atoms with Gasteiger partial charge >= 0.3 is 5.97 Å². The van der Waals surface area contributed by atoms with E-state index in [-0.39, 0.29) is 17.0 Å². The Labute approximate surface area is 116 Å². The zero-order valence-electron chi connectivity index (χ0n) is 10.7. The largest absolute Gasteiger partial charge is 0.465 e. The molecule has 0 unspecified atom stereocenters. The molecule has 3 N–H and O–H groups in total. The topological polar surface area (TPSA) is 98.5 Å². The molecule has 0 aromatic heterocycles. The fourth-order valence-corrected chi connectivity index (χ4v) is 3.05. The summed E-state index contributed by atoms with van der Waals surface area (Å²) in [6.45, 7) is 0.286. The first-order valence-corrected chi connectivity index (χ1v) is 8.26. The molecule has 0 aliphatic rings. The number of carbonyl (C=O) groups is 1. The molecule has 19 heavy (non-hydrogen) atoms. The van der Waals surface area contributed by atoms with Crippen LogP contribution in [0.3, 0.4) is 0 Å². The highest BCUT2D eigenvalue weighted by atomic mass is 32.2. The Morgan fingerprint density at radius 3 is 2.74 bits per heavy atom. The Balaban J connectivity index is 3.15. The zero-order valence-corrected chi connectivity index (χ0v) is 12.3. The minimum Gasteiger partial charge on any atom is -0.465 e. The number of esters is 1. The predicted molar refractivity (Wildman–Crippen MR) is 75.8 cm³/mol. The van der Waals surface area contributed by atoms with Crippen LogP contribution in [0, 0.1) is 0 Å². The van der Waals surface area contributed by atoms with Gasteiger partial charge in [0.05, 0.1) is 17.6 Å². The number of nitrogens with one attached hydrogen (secondary N) is 1. The number of ether oxygens (including phenoxy) is 1. The summed E-state index contributed by atoms with van der Waals surface area (Å²) in [6.07, 6.45) is 1.87. The minimum absolute atomic E-state index is 0.0702. The monoisotopic (exact) mass is 304 g/mol. The fourth-order valence-electron chi connectivity index (χ4n) is 1.41. The van der Waals surface area contributed by atoms with Crippen LogP contribution in [-0.2, 0) is 14.8 Å². The molecule has 106 valence electrons. The van der Waals surface area contributed by atoms with Gasteiger partial charge in [0.2, 0.25) is 10.0 Å². The van der Waals surface area contributed by atoms with Crippen LogP contribution in [0.2, 0.25) is 0 Å². The fraction of sp³-hybridized carbons (Fsp3) is 0.364. The Hall–Kier alpha value is -1.25. The zero-order chi connectivity index (χ0) is 14.5. The summed E-state index contributed by atoms with van der Waals surface area (Å²) in [5.74, 6) is -0.0978. The second-order valence-corrected chi connectivity index (χ2v) is 6.36. The lowest BCUT2D eigenvalue weighted by Crippen LogP contribution is -2.27. The summed E-state index contributed by atoms with van der Waals surface area (Å²) in [6, 6.07) is 4.01. The Kier molecular flexibility index (Phi) is 5.64.